The van der Waals surface area contributed by atoms with Crippen molar-refractivity contribution >= 4 is 8.03 Å². The van der Waals surface area contributed by atoms with Gasteiger partial charge in [-0.3, -0.25) is 4.57 Å². The van der Waals surface area contributed by atoms with Gasteiger partial charge < -0.3 is 13.7 Å². The second-order valence-electron chi connectivity index (χ2n) is 9.81. The maximum absolute atomic E-state index is 12.0. The van der Waals surface area contributed by atoms with E-state index in [-0.39, 0.29) is 0 Å². The molecule has 0 amide bonds. The Morgan fingerprint density at radius 3 is 1.70 bits per heavy atom. The van der Waals surface area contributed by atoms with Gasteiger partial charge in [-0.05, 0) is 12.0 Å². The standard InChI is InChI=1S/C25H53NO3P/c1-6-7-8-9-10-11-12-13-14-15-16-17-18-19-21-28-23-25(2)24-30(27)29-22-20-26(3,4)5/h30H,2,6-24H2,1,3-5H3/q+1. The lowest BCUT2D eigenvalue weighted by Gasteiger charge is -2.23. The fourth-order valence-corrected chi connectivity index (χ4v) is 4.29. The lowest BCUT2D eigenvalue weighted by atomic mass is 10.0. The first-order valence-corrected chi connectivity index (χ1v) is 14.1. The van der Waals surface area contributed by atoms with Crippen LogP contribution in [0.3, 0.4) is 0 Å². The van der Waals surface area contributed by atoms with Crippen molar-refractivity contribution in [1.29, 1.82) is 0 Å². The number of likely N-dealkylation sites (N-methyl/N-ethyl adjacent to an activating group) is 1. The van der Waals surface area contributed by atoms with E-state index in [0.717, 1.165) is 29.6 Å². The van der Waals surface area contributed by atoms with Gasteiger partial charge in [0.25, 0.3) is 0 Å². The molecule has 0 aliphatic carbocycles. The van der Waals surface area contributed by atoms with Crippen molar-refractivity contribution in [3.05, 3.63) is 12.2 Å². The average molecular weight is 447 g/mol. The van der Waals surface area contributed by atoms with Crippen molar-refractivity contribution in [3.8, 4) is 0 Å². The number of quaternary nitrogens is 1. The highest BCUT2D eigenvalue weighted by Gasteiger charge is 2.09. The number of nitrogens with zero attached hydrogens (tertiary/aromatic N) is 1. The predicted octanol–water partition coefficient (Wildman–Crippen LogP) is 7.24. The molecule has 0 aliphatic heterocycles. The maximum Gasteiger partial charge on any atom is 0.195 e. The third kappa shape index (κ3) is 24.1. The van der Waals surface area contributed by atoms with Crippen LogP contribution in [0, 0.1) is 0 Å². The SMILES string of the molecule is C=C(COCCCCCCCCCCCCCCCC)C[PH](=O)OCC[N+](C)(C)C. The molecule has 0 bridgehead atoms. The van der Waals surface area contributed by atoms with E-state index in [1.54, 1.807) is 0 Å². The molecule has 0 saturated carbocycles. The van der Waals surface area contributed by atoms with Crippen molar-refractivity contribution in [1.82, 2.24) is 0 Å². The molecule has 180 valence electrons. The number of rotatable bonds is 23. The van der Waals surface area contributed by atoms with Crippen LogP contribution in [0.1, 0.15) is 96.8 Å². The van der Waals surface area contributed by atoms with Gasteiger partial charge in [0, 0.05) is 12.8 Å². The minimum Gasteiger partial charge on any atom is -0.377 e. The molecule has 0 aromatic rings. The van der Waals surface area contributed by atoms with Crippen LogP contribution >= 0.6 is 8.03 Å². The Morgan fingerprint density at radius 1 is 0.767 bits per heavy atom. The molecular weight excluding hydrogens is 393 g/mol. The zero-order chi connectivity index (χ0) is 22.5. The highest BCUT2D eigenvalue weighted by Crippen LogP contribution is 2.24. The minimum absolute atomic E-state index is 0.445. The van der Waals surface area contributed by atoms with Crippen molar-refractivity contribution < 1.29 is 18.3 Å². The molecule has 30 heavy (non-hydrogen) atoms. The zero-order valence-electron chi connectivity index (χ0n) is 20.8. The highest BCUT2D eigenvalue weighted by molar-refractivity contribution is 7.39. The van der Waals surface area contributed by atoms with Gasteiger partial charge in [-0.2, -0.15) is 0 Å². The monoisotopic (exact) mass is 446 g/mol. The zero-order valence-corrected chi connectivity index (χ0v) is 21.8. The summed E-state index contributed by atoms with van der Waals surface area (Å²) in [6.45, 7) is 8.94. The van der Waals surface area contributed by atoms with Crippen molar-refractivity contribution in [2.24, 2.45) is 0 Å². The third-order valence-electron chi connectivity index (χ3n) is 5.37. The van der Waals surface area contributed by atoms with Gasteiger partial charge in [0.2, 0.25) is 0 Å². The quantitative estimate of drug-likeness (QED) is 0.0718. The number of ether oxygens (including phenoxy) is 1. The fourth-order valence-electron chi connectivity index (χ4n) is 3.35. The van der Waals surface area contributed by atoms with E-state index in [4.69, 9.17) is 9.26 Å². The van der Waals surface area contributed by atoms with Crippen LogP contribution in [0.2, 0.25) is 0 Å². The van der Waals surface area contributed by atoms with Crippen LogP contribution in [0.4, 0.5) is 0 Å². The molecule has 0 saturated heterocycles. The van der Waals surface area contributed by atoms with Gasteiger partial charge in [0.1, 0.15) is 13.2 Å². The summed E-state index contributed by atoms with van der Waals surface area (Å²) in [5, 5.41) is 0. The largest absolute Gasteiger partial charge is 0.377 e. The van der Waals surface area contributed by atoms with E-state index in [9.17, 15) is 4.57 Å². The van der Waals surface area contributed by atoms with Crippen LogP contribution in [0.15, 0.2) is 12.2 Å². The van der Waals surface area contributed by atoms with Crippen LogP contribution in [-0.2, 0) is 13.8 Å². The predicted molar refractivity (Wildman–Crippen MR) is 133 cm³/mol. The van der Waals surface area contributed by atoms with Gasteiger partial charge in [-0.1, -0.05) is 97.0 Å². The summed E-state index contributed by atoms with van der Waals surface area (Å²) < 4.78 is 23.9. The topological polar surface area (TPSA) is 35.5 Å². The normalized spacial score (nSPS) is 12.9. The van der Waals surface area contributed by atoms with Crippen LogP contribution < -0.4 is 0 Å². The molecular formula is C25H53NO3P+. The summed E-state index contributed by atoms with van der Waals surface area (Å²) >= 11 is 0. The first-order chi connectivity index (χ1) is 14.3. The molecule has 4 nitrogen and oxygen atoms in total. The number of hydrogen-bond acceptors (Lipinski definition) is 3. The first-order valence-electron chi connectivity index (χ1n) is 12.6. The van der Waals surface area contributed by atoms with Crippen molar-refractivity contribution in [3.63, 3.8) is 0 Å². The molecule has 0 spiro atoms. The van der Waals surface area contributed by atoms with E-state index in [2.05, 4.69) is 34.6 Å². The van der Waals surface area contributed by atoms with Crippen LogP contribution in [0.25, 0.3) is 0 Å². The number of hydrogen-bond donors (Lipinski definition) is 0. The molecule has 0 heterocycles. The lowest BCUT2D eigenvalue weighted by Crippen LogP contribution is -2.37. The second-order valence-corrected chi connectivity index (χ2v) is 11.2. The maximum atomic E-state index is 12.0. The summed E-state index contributed by atoms with van der Waals surface area (Å²) in [6.07, 6.45) is 19.6. The fraction of sp³-hybridized carbons (Fsp3) is 0.920. The highest BCUT2D eigenvalue weighted by atomic mass is 31.1. The van der Waals surface area contributed by atoms with E-state index in [1.807, 2.05) is 0 Å². The summed E-state index contributed by atoms with van der Waals surface area (Å²) in [4.78, 5) is 0. The molecule has 5 heteroatoms. The summed E-state index contributed by atoms with van der Waals surface area (Å²) in [5.74, 6) is 0. The van der Waals surface area contributed by atoms with E-state index >= 15 is 0 Å². The molecule has 0 aliphatic rings. The Bertz CT molecular complexity index is 421. The Hall–Kier alpha value is -0.150. The molecule has 0 rings (SSSR count). The van der Waals surface area contributed by atoms with Gasteiger partial charge in [0.05, 0.1) is 27.7 Å². The van der Waals surface area contributed by atoms with Gasteiger partial charge in [-0.25, -0.2) is 0 Å². The van der Waals surface area contributed by atoms with E-state index in [1.165, 1.54) is 83.5 Å². The van der Waals surface area contributed by atoms with Crippen LogP contribution in [0.5, 0.6) is 0 Å². The second kappa shape index (κ2) is 20.7. The Kier molecular flexibility index (Phi) is 20.6. The molecule has 1 unspecified atom stereocenters. The Labute approximate surface area is 189 Å². The lowest BCUT2D eigenvalue weighted by molar-refractivity contribution is -0.870. The van der Waals surface area contributed by atoms with Crippen molar-refractivity contribution in [2.75, 3.05) is 53.7 Å². The van der Waals surface area contributed by atoms with Gasteiger partial charge in [-0.15, -0.1) is 0 Å². The average Bonchev–Trinajstić information content (AvgIpc) is 2.66. The molecule has 0 aromatic carbocycles. The third-order valence-corrected chi connectivity index (χ3v) is 6.68. The van der Waals surface area contributed by atoms with Gasteiger partial charge >= 0.3 is 0 Å². The van der Waals surface area contributed by atoms with Crippen LogP contribution in [-0.4, -0.2) is 58.2 Å². The Balaban J connectivity index is 3.30. The minimum atomic E-state index is -2.02. The molecule has 0 N–H and O–H groups in total. The molecule has 0 fully saturated rings. The van der Waals surface area contributed by atoms with E-state index in [0.29, 0.717) is 19.4 Å². The molecule has 1 atom stereocenters. The molecule has 0 aromatic heterocycles. The summed E-state index contributed by atoms with van der Waals surface area (Å²) in [5.41, 5.74) is 0.884. The summed E-state index contributed by atoms with van der Waals surface area (Å²) in [7, 11) is 4.28. The number of unbranched alkanes of at least 4 members (excludes halogenated alkanes) is 13. The summed E-state index contributed by atoms with van der Waals surface area (Å²) in [6, 6.07) is 0. The van der Waals surface area contributed by atoms with Gasteiger partial charge in [0.15, 0.2) is 8.03 Å². The first kappa shape index (κ1) is 29.9. The smallest absolute Gasteiger partial charge is 0.195 e. The molecule has 0 radical (unpaired) electrons. The van der Waals surface area contributed by atoms with Crippen molar-refractivity contribution in [2.45, 2.75) is 96.8 Å². The van der Waals surface area contributed by atoms with E-state index < -0.39 is 8.03 Å². The Morgan fingerprint density at radius 2 is 1.23 bits per heavy atom.